The van der Waals surface area contributed by atoms with Gasteiger partial charge in [-0.25, -0.2) is 4.79 Å². The van der Waals surface area contributed by atoms with Gasteiger partial charge in [0.25, 0.3) is 5.91 Å². The van der Waals surface area contributed by atoms with Gasteiger partial charge >= 0.3 is 5.97 Å². The summed E-state index contributed by atoms with van der Waals surface area (Å²) < 4.78 is 11.0. The van der Waals surface area contributed by atoms with Crippen molar-refractivity contribution in [2.45, 2.75) is 37.8 Å². The zero-order valence-electron chi connectivity index (χ0n) is 14.4. The number of nitrogens with one attached hydrogen (secondary N) is 1. The molecule has 1 aromatic carbocycles. The molecule has 26 heavy (non-hydrogen) atoms. The third-order valence-electron chi connectivity index (χ3n) is 5.18. The Morgan fingerprint density at radius 2 is 2.12 bits per heavy atom. The van der Waals surface area contributed by atoms with E-state index in [0.717, 1.165) is 36.6 Å². The van der Waals surface area contributed by atoms with E-state index in [1.807, 2.05) is 4.90 Å². The molecule has 1 aliphatic carbocycles. The summed E-state index contributed by atoms with van der Waals surface area (Å²) in [5.41, 5.74) is 1.11. The maximum Gasteiger partial charge on any atom is 0.355 e. The Bertz CT molecular complexity index is 832. The fourth-order valence-corrected chi connectivity index (χ4v) is 4.09. The van der Waals surface area contributed by atoms with Crippen molar-refractivity contribution in [2.75, 3.05) is 19.8 Å². The molecule has 0 unspecified atom stereocenters. The van der Waals surface area contributed by atoms with Crippen LogP contribution in [0, 0.1) is 0 Å². The van der Waals surface area contributed by atoms with Crippen LogP contribution in [-0.2, 0) is 14.3 Å². The Balaban J connectivity index is 1.39. The maximum atomic E-state index is 12.6. The molecule has 2 atom stereocenters. The molecule has 0 radical (unpaired) electrons. The summed E-state index contributed by atoms with van der Waals surface area (Å²) in [6, 6.07) is 7.11. The lowest BCUT2D eigenvalue weighted by atomic mass is 9.90. The minimum absolute atomic E-state index is 0.110. The van der Waals surface area contributed by atoms with E-state index in [4.69, 9.17) is 21.1 Å². The SMILES string of the molecule is O=C(OCC(=O)N1CCO[C@H]2CCCC[C@H]21)c1cc2cc(Cl)ccc2[nH]1. The van der Waals surface area contributed by atoms with Gasteiger partial charge in [-0.15, -0.1) is 0 Å². The standard InChI is InChI=1S/C19H21ClN2O4/c20-13-5-6-14-12(9-13)10-15(21-14)19(24)26-11-18(23)22-7-8-25-17-4-2-1-3-16(17)22/h5-6,9-10,16-17,21H,1-4,7-8,11H2/t16-,17+/m1/s1. The number of morpholine rings is 1. The highest BCUT2D eigenvalue weighted by molar-refractivity contribution is 6.31. The minimum atomic E-state index is -0.542. The van der Waals surface area contributed by atoms with Crippen LogP contribution in [0.3, 0.4) is 0 Å². The van der Waals surface area contributed by atoms with Crippen molar-refractivity contribution in [1.82, 2.24) is 9.88 Å². The van der Waals surface area contributed by atoms with Gasteiger partial charge in [0.05, 0.1) is 18.8 Å². The molecule has 1 saturated carbocycles. The van der Waals surface area contributed by atoms with Crippen molar-refractivity contribution in [3.05, 3.63) is 35.0 Å². The van der Waals surface area contributed by atoms with Gasteiger partial charge in [0.15, 0.2) is 6.61 Å². The largest absolute Gasteiger partial charge is 0.451 e. The number of nitrogens with zero attached hydrogens (tertiary/aromatic N) is 1. The number of halogens is 1. The number of esters is 1. The molecule has 6 nitrogen and oxygen atoms in total. The second-order valence-corrected chi connectivity index (χ2v) is 7.28. The first-order chi connectivity index (χ1) is 12.6. The zero-order chi connectivity index (χ0) is 18.1. The van der Waals surface area contributed by atoms with Crippen LogP contribution in [0.25, 0.3) is 10.9 Å². The van der Waals surface area contributed by atoms with Gasteiger partial charge in [-0.1, -0.05) is 24.4 Å². The Kier molecular flexibility index (Phi) is 4.87. The summed E-state index contributed by atoms with van der Waals surface area (Å²) in [4.78, 5) is 29.7. The second-order valence-electron chi connectivity index (χ2n) is 6.84. The molecule has 7 heteroatoms. The van der Waals surface area contributed by atoms with Crippen molar-refractivity contribution < 1.29 is 19.1 Å². The highest BCUT2D eigenvalue weighted by atomic mass is 35.5. The molecule has 2 aromatic rings. The number of H-pyrrole nitrogens is 1. The Hall–Kier alpha value is -2.05. The highest BCUT2D eigenvalue weighted by Gasteiger charge is 2.36. The van der Waals surface area contributed by atoms with Crippen LogP contribution < -0.4 is 0 Å². The topological polar surface area (TPSA) is 71.6 Å². The van der Waals surface area contributed by atoms with Crippen molar-refractivity contribution >= 4 is 34.4 Å². The first-order valence-corrected chi connectivity index (χ1v) is 9.36. The zero-order valence-corrected chi connectivity index (χ0v) is 15.1. The molecule has 1 N–H and O–H groups in total. The molecular weight excluding hydrogens is 356 g/mol. The van der Waals surface area contributed by atoms with E-state index >= 15 is 0 Å². The van der Waals surface area contributed by atoms with Gasteiger partial charge in [0, 0.05) is 22.5 Å². The molecule has 1 aromatic heterocycles. The average molecular weight is 377 g/mol. The lowest BCUT2D eigenvalue weighted by molar-refractivity contribution is -0.152. The molecule has 138 valence electrons. The van der Waals surface area contributed by atoms with Crippen LogP contribution in [0.5, 0.6) is 0 Å². The van der Waals surface area contributed by atoms with Crippen molar-refractivity contribution in [2.24, 2.45) is 0 Å². The predicted octanol–water partition coefficient (Wildman–Crippen LogP) is 3.15. The highest BCUT2D eigenvalue weighted by Crippen LogP contribution is 2.28. The number of amides is 1. The number of hydrogen-bond donors (Lipinski definition) is 1. The van der Waals surface area contributed by atoms with Crippen LogP contribution in [0.1, 0.15) is 36.2 Å². The molecule has 1 aliphatic heterocycles. The third-order valence-corrected chi connectivity index (χ3v) is 5.42. The van der Waals surface area contributed by atoms with E-state index in [1.54, 1.807) is 24.3 Å². The van der Waals surface area contributed by atoms with E-state index in [0.29, 0.717) is 23.9 Å². The Morgan fingerprint density at radius 3 is 3.00 bits per heavy atom. The van der Waals surface area contributed by atoms with Crippen molar-refractivity contribution in [3.63, 3.8) is 0 Å². The van der Waals surface area contributed by atoms with E-state index in [-0.39, 0.29) is 24.7 Å². The summed E-state index contributed by atoms with van der Waals surface area (Å²) in [6.07, 6.45) is 4.31. The fourth-order valence-electron chi connectivity index (χ4n) is 3.91. The third kappa shape index (κ3) is 3.44. The molecule has 1 amide bonds. The fraction of sp³-hybridized carbons (Fsp3) is 0.474. The monoisotopic (exact) mass is 376 g/mol. The summed E-state index contributed by atoms with van der Waals surface area (Å²) >= 11 is 5.96. The molecule has 2 fully saturated rings. The van der Waals surface area contributed by atoms with Gasteiger partial charge in [-0.2, -0.15) is 0 Å². The molecule has 0 spiro atoms. The van der Waals surface area contributed by atoms with E-state index < -0.39 is 5.97 Å². The molecule has 4 rings (SSSR count). The number of aromatic amines is 1. The predicted molar refractivity (Wildman–Crippen MR) is 97.3 cm³/mol. The number of rotatable bonds is 3. The molecule has 2 aliphatic rings. The average Bonchev–Trinajstić information content (AvgIpc) is 3.08. The number of carbonyl (C=O) groups excluding carboxylic acids is 2. The summed E-state index contributed by atoms with van der Waals surface area (Å²) in [5.74, 6) is -0.697. The van der Waals surface area contributed by atoms with E-state index in [1.165, 1.54) is 0 Å². The first kappa shape index (κ1) is 17.4. The smallest absolute Gasteiger partial charge is 0.355 e. The normalized spacial score (nSPS) is 22.9. The number of aromatic nitrogens is 1. The first-order valence-electron chi connectivity index (χ1n) is 8.98. The van der Waals surface area contributed by atoms with E-state index in [2.05, 4.69) is 4.98 Å². The van der Waals surface area contributed by atoms with Crippen LogP contribution in [0.4, 0.5) is 0 Å². The Labute approximate surface area is 156 Å². The van der Waals surface area contributed by atoms with Gasteiger partial charge in [0.2, 0.25) is 0 Å². The number of hydrogen-bond acceptors (Lipinski definition) is 4. The van der Waals surface area contributed by atoms with Crippen molar-refractivity contribution in [3.8, 4) is 0 Å². The van der Waals surface area contributed by atoms with Gasteiger partial charge < -0.3 is 19.4 Å². The van der Waals surface area contributed by atoms with Crippen molar-refractivity contribution in [1.29, 1.82) is 0 Å². The lowest BCUT2D eigenvalue weighted by Crippen LogP contribution is -2.55. The Morgan fingerprint density at radius 1 is 1.27 bits per heavy atom. The molecule has 1 saturated heterocycles. The number of ether oxygens (including phenoxy) is 2. The van der Waals surface area contributed by atoms with Crippen LogP contribution in [0.2, 0.25) is 5.02 Å². The number of fused-ring (bicyclic) bond motifs is 2. The molecule has 0 bridgehead atoms. The summed E-state index contributed by atoms with van der Waals surface area (Å²) in [6.45, 7) is 0.851. The van der Waals surface area contributed by atoms with Crippen LogP contribution in [-0.4, -0.2) is 53.7 Å². The number of carbonyl (C=O) groups is 2. The molecule has 2 heterocycles. The quantitative estimate of drug-likeness (QED) is 0.835. The van der Waals surface area contributed by atoms with Gasteiger partial charge in [-0.05, 0) is 37.1 Å². The van der Waals surface area contributed by atoms with Crippen LogP contribution in [0.15, 0.2) is 24.3 Å². The maximum absolute atomic E-state index is 12.6. The van der Waals surface area contributed by atoms with E-state index in [9.17, 15) is 9.59 Å². The van der Waals surface area contributed by atoms with Crippen LogP contribution >= 0.6 is 11.6 Å². The molecular formula is C19H21ClN2O4. The summed E-state index contributed by atoms with van der Waals surface area (Å²) in [5, 5.41) is 1.43. The lowest BCUT2D eigenvalue weighted by Gasteiger charge is -2.43. The second kappa shape index (κ2) is 7.29. The minimum Gasteiger partial charge on any atom is -0.451 e. The van der Waals surface area contributed by atoms with Gasteiger partial charge in [-0.3, -0.25) is 4.79 Å². The summed E-state index contributed by atoms with van der Waals surface area (Å²) in [7, 11) is 0. The van der Waals surface area contributed by atoms with Gasteiger partial charge in [0.1, 0.15) is 5.69 Å². The number of benzene rings is 1.